The molecule has 0 atom stereocenters. The zero-order valence-electron chi connectivity index (χ0n) is 13.9. The fourth-order valence-electron chi connectivity index (χ4n) is 2.28. The number of anilines is 1. The molecule has 1 N–H and O–H groups in total. The molecule has 0 saturated heterocycles. The Morgan fingerprint density at radius 3 is 2.67 bits per heavy atom. The average molecular weight is 404 g/mol. The van der Waals surface area contributed by atoms with Gasteiger partial charge in [0, 0.05) is 29.4 Å². The van der Waals surface area contributed by atoms with E-state index in [1.165, 1.54) is 41.3 Å². The number of thiazole rings is 1. The highest BCUT2D eigenvalue weighted by molar-refractivity contribution is 8.01. The monoisotopic (exact) mass is 404 g/mol. The first-order valence-corrected chi connectivity index (χ1v) is 9.36. The normalized spacial score (nSPS) is 10.7. The van der Waals surface area contributed by atoms with Crippen molar-refractivity contribution in [2.45, 2.75) is 11.3 Å². The molecule has 0 saturated carbocycles. The number of hydrogen-bond acceptors (Lipinski definition) is 8. The van der Waals surface area contributed by atoms with Crippen molar-refractivity contribution in [3.05, 3.63) is 62.2 Å². The number of aryl methyl sites for hydroxylation is 1. The number of aromatic nitrogens is 1. The number of amides is 1. The van der Waals surface area contributed by atoms with Crippen molar-refractivity contribution in [1.82, 2.24) is 4.98 Å². The lowest BCUT2D eigenvalue weighted by atomic mass is 10.2. The Morgan fingerprint density at radius 1 is 1.19 bits per heavy atom. The van der Waals surface area contributed by atoms with Gasteiger partial charge in [-0.1, -0.05) is 17.8 Å². The lowest BCUT2D eigenvalue weighted by Crippen LogP contribution is -2.14. The number of hydrogen-bond donors (Lipinski definition) is 1. The second-order valence-corrected chi connectivity index (χ2v) is 7.74. The van der Waals surface area contributed by atoms with E-state index >= 15 is 0 Å². The van der Waals surface area contributed by atoms with E-state index in [4.69, 9.17) is 0 Å². The number of fused-ring (bicyclic) bond motifs is 1. The van der Waals surface area contributed by atoms with E-state index < -0.39 is 9.85 Å². The van der Waals surface area contributed by atoms with Gasteiger partial charge in [0.2, 0.25) is 5.91 Å². The van der Waals surface area contributed by atoms with Crippen LogP contribution in [0.25, 0.3) is 10.2 Å². The van der Waals surface area contributed by atoms with Gasteiger partial charge in [-0.25, -0.2) is 4.98 Å². The highest BCUT2D eigenvalue weighted by Gasteiger charge is 2.14. The molecular weight excluding hydrogens is 392 g/mol. The minimum atomic E-state index is -0.500. The van der Waals surface area contributed by atoms with Crippen LogP contribution in [0.5, 0.6) is 0 Å². The first-order chi connectivity index (χ1) is 12.8. The van der Waals surface area contributed by atoms with Gasteiger partial charge in [0.25, 0.3) is 11.4 Å². The molecule has 0 unspecified atom stereocenters. The molecule has 27 heavy (non-hydrogen) atoms. The van der Waals surface area contributed by atoms with Gasteiger partial charge in [0.15, 0.2) is 4.34 Å². The van der Waals surface area contributed by atoms with Gasteiger partial charge in [-0.05, 0) is 19.1 Å². The summed E-state index contributed by atoms with van der Waals surface area (Å²) in [7, 11) is 0. The van der Waals surface area contributed by atoms with Crippen LogP contribution in [-0.2, 0) is 4.79 Å². The number of nitrogens with zero attached hydrogens (tertiary/aromatic N) is 3. The third-order valence-corrected chi connectivity index (χ3v) is 5.74. The molecule has 0 radical (unpaired) electrons. The number of nitrogens with one attached hydrogen (secondary N) is 1. The quantitative estimate of drug-likeness (QED) is 0.371. The fourth-order valence-corrected chi connectivity index (χ4v) is 4.18. The molecule has 3 rings (SSSR count). The molecule has 1 aromatic heterocycles. The van der Waals surface area contributed by atoms with Crippen LogP contribution in [0.3, 0.4) is 0 Å². The van der Waals surface area contributed by atoms with Gasteiger partial charge in [-0.15, -0.1) is 11.3 Å². The number of benzene rings is 2. The molecule has 11 heteroatoms. The van der Waals surface area contributed by atoms with Gasteiger partial charge in [0.05, 0.1) is 25.8 Å². The molecule has 3 aromatic rings. The van der Waals surface area contributed by atoms with Crippen molar-refractivity contribution < 1.29 is 14.6 Å². The first kappa shape index (κ1) is 18.7. The minimum absolute atomic E-state index is 0.0126. The van der Waals surface area contributed by atoms with E-state index in [2.05, 4.69) is 10.3 Å². The molecule has 138 valence electrons. The molecule has 0 bridgehead atoms. The molecule has 9 nitrogen and oxygen atoms in total. The Morgan fingerprint density at radius 2 is 1.96 bits per heavy atom. The Labute approximate surface area is 160 Å². The largest absolute Gasteiger partial charge is 0.325 e. The smallest absolute Gasteiger partial charge is 0.274 e. The van der Waals surface area contributed by atoms with Gasteiger partial charge < -0.3 is 5.32 Å². The lowest BCUT2D eigenvalue weighted by Gasteiger charge is -2.05. The summed E-state index contributed by atoms with van der Waals surface area (Å²) in [6.07, 6.45) is 0. The van der Waals surface area contributed by atoms with Gasteiger partial charge in [-0.3, -0.25) is 25.0 Å². The Balaban J connectivity index is 1.65. The van der Waals surface area contributed by atoms with Crippen molar-refractivity contribution in [3.63, 3.8) is 0 Å². The summed E-state index contributed by atoms with van der Waals surface area (Å²) in [5.41, 5.74) is 1.41. The third kappa shape index (κ3) is 4.38. The molecular formula is C16H12N4O5S2. The van der Waals surface area contributed by atoms with Crippen LogP contribution in [0.15, 0.2) is 40.7 Å². The van der Waals surface area contributed by atoms with E-state index in [0.29, 0.717) is 25.8 Å². The highest BCUT2D eigenvalue weighted by atomic mass is 32.2. The highest BCUT2D eigenvalue weighted by Crippen LogP contribution is 2.32. The Bertz CT molecular complexity index is 1070. The second kappa shape index (κ2) is 7.68. The lowest BCUT2D eigenvalue weighted by molar-refractivity contribution is -0.385. The number of carbonyl (C=O) groups is 1. The van der Waals surface area contributed by atoms with Crippen LogP contribution in [0.1, 0.15) is 5.56 Å². The third-order valence-electron chi connectivity index (χ3n) is 3.58. The molecule has 0 fully saturated rings. The van der Waals surface area contributed by atoms with Crippen LogP contribution in [-0.4, -0.2) is 26.5 Å². The van der Waals surface area contributed by atoms with Crippen LogP contribution in [0.4, 0.5) is 17.1 Å². The standard InChI is InChI=1S/C16H12N4O5S2/c1-9-2-3-10(6-13(9)20(24)25)17-15(21)8-26-16-18-12-5-4-11(19(22)23)7-14(12)27-16/h2-7H,8H2,1H3,(H,17,21). The van der Waals surface area contributed by atoms with E-state index in [-0.39, 0.29) is 23.0 Å². The molecule has 0 aliphatic carbocycles. The SMILES string of the molecule is Cc1ccc(NC(=O)CSc2nc3ccc([N+](=O)[O-])cc3s2)cc1[N+](=O)[O-]. The molecule has 0 spiro atoms. The Kier molecular flexibility index (Phi) is 5.33. The van der Waals surface area contributed by atoms with E-state index in [0.717, 1.165) is 0 Å². The summed E-state index contributed by atoms with van der Waals surface area (Å²) in [6.45, 7) is 1.62. The number of non-ortho nitro benzene ring substituents is 1. The number of rotatable bonds is 6. The maximum atomic E-state index is 12.1. The van der Waals surface area contributed by atoms with Crippen LogP contribution in [0.2, 0.25) is 0 Å². The van der Waals surface area contributed by atoms with Crippen LogP contribution in [0, 0.1) is 27.2 Å². The van der Waals surface area contributed by atoms with Crippen molar-refractivity contribution in [3.8, 4) is 0 Å². The second-order valence-electron chi connectivity index (χ2n) is 5.48. The topological polar surface area (TPSA) is 128 Å². The first-order valence-electron chi connectivity index (χ1n) is 7.56. The van der Waals surface area contributed by atoms with Gasteiger partial charge in [0.1, 0.15) is 0 Å². The molecule has 0 aliphatic rings. The summed E-state index contributed by atoms with van der Waals surface area (Å²) in [6, 6.07) is 8.88. The van der Waals surface area contributed by atoms with E-state index in [1.807, 2.05) is 0 Å². The van der Waals surface area contributed by atoms with E-state index in [9.17, 15) is 25.0 Å². The number of carbonyl (C=O) groups excluding carboxylic acids is 1. The molecule has 1 amide bonds. The summed E-state index contributed by atoms with van der Waals surface area (Å²) < 4.78 is 1.27. The number of thioether (sulfide) groups is 1. The van der Waals surface area contributed by atoms with Gasteiger partial charge in [-0.2, -0.15) is 0 Å². The van der Waals surface area contributed by atoms with Crippen molar-refractivity contribution in [2.75, 3.05) is 11.1 Å². The zero-order valence-corrected chi connectivity index (χ0v) is 15.5. The number of nitro groups is 2. The summed E-state index contributed by atoms with van der Waals surface area (Å²) in [4.78, 5) is 37.2. The van der Waals surface area contributed by atoms with Crippen LogP contribution >= 0.6 is 23.1 Å². The van der Waals surface area contributed by atoms with Crippen molar-refractivity contribution in [2.24, 2.45) is 0 Å². The summed E-state index contributed by atoms with van der Waals surface area (Å²) in [5.74, 6) is -0.271. The summed E-state index contributed by atoms with van der Waals surface area (Å²) in [5, 5.41) is 24.4. The maximum absolute atomic E-state index is 12.1. The predicted octanol–water partition coefficient (Wildman–Crippen LogP) is 4.15. The maximum Gasteiger partial charge on any atom is 0.274 e. The predicted molar refractivity (Wildman–Crippen MR) is 103 cm³/mol. The van der Waals surface area contributed by atoms with Crippen molar-refractivity contribution >= 4 is 56.3 Å². The molecule has 0 aliphatic heterocycles. The average Bonchev–Trinajstić information content (AvgIpc) is 3.03. The number of nitro benzene ring substituents is 2. The van der Waals surface area contributed by atoms with Crippen LogP contribution < -0.4 is 5.32 Å². The Hall–Kier alpha value is -3.05. The summed E-state index contributed by atoms with van der Waals surface area (Å²) >= 11 is 2.46. The molecule has 2 aromatic carbocycles. The molecule has 1 heterocycles. The van der Waals surface area contributed by atoms with E-state index in [1.54, 1.807) is 25.1 Å². The van der Waals surface area contributed by atoms with Crippen molar-refractivity contribution in [1.29, 1.82) is 0 Å². The zero-order chi connectivity index (χ0) is 19.6. The fraction of sp³-hybridized carbons (Fsp3) is 0.125. The van der Waals surface area contributed by atoms with Gasteiger partial charge >= 0.3 is 0 Å². The minimum Gasteiger partial charge on any atom is -0.325 e.